The molecule has 1 heterocycles. The quantitative estimate of drug-likeness (QED) is 0.437. The van der Waals surface area contributed by atoms with Gasteiger partial charge < -0.3 is 20.1 Å². The molecule has 0 bridgehead atoms. The Hall–Kier alpha value is -1.17. The van der Waals surface area contributed by atoms with Crippen LogP contribution in [0.3, 0.4) is 0 Å². The smallest absolute Gasteiger partial charge is 0.336 e. The fraction of sp³-hybridized carbons (Fsp3) is 0.821. The van der Waals surface area contributed by atoms with Gasteiger partial charge in [0.2, 0.25) is 0 Å². The Labute approximate surface area is 198 Å². The van der Waals surface area contributed by atoms with Crippen molar-refractivity contribution >= 4 is 5.97 Å². The number of hydrogen-bond donors (Lipinski definition) is 3. The zero-order valence-electron chi connectivity index (χ0n) is 20.7. The third-order valence-electron chi connectivity index (χ3n) is 11.2. The molecule has 33 heavy (non-hydrogen) atoms. The van der Waals surface area contributed by atoms with Crippen molar-refractivity contribution in [3.8, 4) is 0 Å². The summed E-state index contributed by atoms with van der Waals surface area (Å²) in [5.41, 5.74) is 2.72. The van der Waals surface area contributed by atoms with E-state index in [0.29, 0.717) is 42.1 Å². The average molecular weight is 459 g/mol. The first-order chi connectivity index (χ1) is 15.6. The maximum absolute atomic E-state index is 12.5. The molecule has 0 aromatic heterocycles. The van der Waals surface area contributed by atoms with Crippen LogP contribution in [-0.4, -0.2) is 46.2 Å². The zero-order chi connectivity index (χ0) is 23.7. The van der Waals surface area contributed by atoms with E-state index in [1.807, 2.05) is 6.92 Å². The number of fused-ring (bicyclic) bond motifs is 5. The van der Waals surface area contributed by atoms with Crippen molar-refractivity contribution < 1.29 is 24.9 Å². The molecule has 0 saturated heterocycles. The molecule has 3 N–H and O–H groups in total. The first-order valence-corrected chi connectivity index (χ1v) is 13.2. The molecule has 3 fully saturated rings. The largest absolute Gasteiger partial charge is 0.458 e. The van der Waals surface area contributed by atoms with Gasteiger partial charge in [-0.25, -0.2) is 4.79 Å². The molecule has 4 aliphatic carbocycles. The number of aliphatic hydroxyl groups is 3. The van der Waals surface area contributed by atoms with E-state index in [1.54, 1.807) is 0 Å². The Balaban J connectivity index is 1.38. The number of allylic oxidation sites excluding steroid dienone is 1. The van der Waals surface area contributed by atoms with Crippen molar-refractivity contribution in [1.29, 1.82) is 0 Å². The van der Waals surface area contributed by atoms with E-state index in [4.69, 9.17) is 4.74 Å². The monoisotopic (exact) mass is 458 g/mol. The Morgan fingerprint density at radius 2 is 1.91 bits per heavy atom. The fourth-order valence-corrected chi connectivity index (χ4v) is 9.21. The van der Waals surface area contributed by atoms with Crippen LogP contribution in [0.5, 0.6) is 0 Å². The highest BCUT2D eigenvalue weighted by molar-refractivity contribution is 5.90. The molecule has 5 aliphatic rings. The maximum Gasteiger partial charge on any atom is 0.336 e. The summed E-state index contributed by atoms with van der Waals surface area (Å²) >= 11 is 0. The number of esters is 1. The SMILES string of the molecule is CC1=C(CO)C(=O)O[C@@H]([C@@H](C)[C@H]2CCC3[C@@H]4CC=C5C[C@@H](O)C[C@H](O)[C@]5(C)[C@H]4CC[C@@]32C)C1. The highest BCUT2D eigenvalue weighted by Gasteiger charge is 2.61. The van der Waals surface area contributed by atoms with Gasteiger partial charge in [0.25, 0.3) is 0 Å². The maximum atomic E-state index is 12.5. The minimum Gasteiger partial charge on any atom is -0.458 e. The molecular weight excluding hydrogens is 416 g/mol. The molecule has 0 radical (unpaired) electrons. The van der Waals surface area contributed by atoms with Gasteiger partial charge in [-0.05, 0) is 80.5 Å². The Bertz CT molecular complexity index is 876. The van der Waals surface area contributed by atoms with Gasteiger partial charge in [0.15, 0.2) is 0 Å². The molecule has 3 saturated carbocycles. The van der Waals surface area contributed by atoms with Gasteiger partial charge in [0.1, 0.15) is 6.10 Å². The third kappa shape index (κ3) is 3.40. The van der Waals surface area contributed by atoms with Crippen molar-refractivity contribution in [2.45, 2.75) is 97.4 Å². The summed E-state index contributed by atoms with van der Waals surface area (Å²) in [7, 11) is 0. The van der Waals surface area contributed by atoms with Gasteiger partial charge >= 0.3 is 5.97 Å². The lowest BCUT2D eigenvalue weighted by Gasteiger charge is -2.59. The normalized spacial score (nSPS) is 48.4. The topological polar surface area (TPSA) is 87.0 Å². The predicted octanol–water partition coefficient (Wildman–Crippen LogP) is 4.16. The van der Waals surface area contributed by atoms with E-state index < -0.39 is 12.2 Å². The summed E-state index contributed by atoms with van der Waals surface area (Å²) in [6.07, 6.45) is 9.05. The number of carbonyl (C=O) groups excluding carboxylic acids is 1. The molecule has 5 rings (SSSR count). The average Bonchev–Trinajstić information content (AvgIpc) is 3.11. The van der Waals surface area contributed by atoms with Crippen LogP contribution in [0.15, 0.2) is 22.8 Å². The van der Waals surface area contributed by atoms with E-state index in [2.05, 4.69) is 26.8 Å². The van der Waals surface area contributed by atoms with Crippen LogP contribution >= 0.6 is 0 Å². The second-order valence-corrected chi connectivity index (χ2v) is 12.4. The number of carbonyl (C=O) groups is 1. The minimum absolute atomic E-state index is 0.108. The summed E-state index contributed by atoms with van der Waals surface area (Å²) in [5, 5.41) is 30.9. The molecule has 5 heteroatoms. The van der Waals surface area contributed by atoms with E-state index in [0.717, 1.165) is 31.3 Å². The molecule has 1 unspecified atom stereocenters. The first kappa shape index (κ1) is 23.6. The van der Waals surface area contributed by atoms with E-state index in [-0.39, 0.29) is 35.4 Å². The first-order valence-electron chi connectivity index (χ1n) is 13.2. The van der Waals surface area contributed by atoms with Gasteiger partial charge in [0, 0.05) is 18.3 Å². The van der Waals surface area contributed by atoms with E-state index in [9.17, 15) is 20.1 Å². The van der Waals surface area contributed by atoms with Gasteiger partial charge in [-0.3, -0.25) is 0 Å². The molecule has 184 valence electrons. The summed E-state index contributed by atoms with van der Waals surface area (Å²) in [4.78, 5) is 12.5. The number of aliphatic hydroxyl groups excluding tert-OH is 3. The van der Waals surface area contributed by atoms with Crippen LogP contribution < -0.4 is 0 Å². The van der Waals surface area contributed by atoms with Crippen LogP contribution in [-0.2, 0) is 9.53 Å². The second kappa shape index (κ2) is 8.20. The van der Waals surface area contributed by atoms with E-state index in [1.165, 1.54) is 18.4 Å². The number of hydrogen-bond acceptors (Lipinski definition) is 5. The number of cyclic esters (lactones) is 1. The van der Waals surface area contributed by atoms with Crippen LogP contribution in [0.1, 0.15) is 79.1 Å². The van der Waals surface area contributed by atoms with Crippen LogP contribution in [0, 0.1) is 40.4 Å². The van der Waals surface area contributed by atoms with Crippen LogP contribution in [0.2, 0.25) is 0 Å². The fourth-order valence-electron chi connectivity index (χ4n) is 9.21. The Kier molecular flexibility index (Phi) is 5.86. The lowest BCUT2D eigenvalue weighted by atomic mass is 9.46. The highest BCUT2D eigenvalue weighted by Crippen LogP contribution is 2.67. The van der Waals surface area contributed by atoms with Crippen molar-refractivity contribution in [2.75, 3.05) is 6.61 Å². The van der Waals surface area contributed by atoms with Crippen molar-refractivity contribution in [3.05, 3.63) is 22.8 Å². The van der Waals surface area contributed by atoms with Gasteiger partial charge in [-0.2, -0.15) is 0 Å². The molecule has 0 aromatic carbocycles. The van der Waals surface area contributed by atoms with Crippen molar-refractivity contribution in [2.24, 2.45) is 40.4 Å². The lowest BCUT2D eigenvalue weighted by Crippen LogP contribution is -2.56. The summed E-state index contributed by atoms with van der Waals surface area (Å²) in [5.74, 6) is 2.15. The molecule has 1 aliphatic heterocycles. The van der Waals surface area contributed by atoms with Gasteiger partial charge in [-0.1, -0.05) is 38.0 Å². The van der Waals surface area contributed by atoms with Gasteiger partial charge in [0.05, 0.1) is 24.4 Å². The van der Waals surface area contributed by atoms with Crippen molar-refractivity contribution in [1.82, 2.24) is 0 Å². The minimum atomic E-state index is -0.460. The van der Waals surface area contributed by atoms with Gasteiger partial charge in [-0.15, -0.1) is 0 Å². The van der Waals surface area contributed by atoms with Crippen molar-refractivity contribution in [3.63, 3.8) is 0 Å². The summed E-state index contributed by atoms with van der Waals surface area (Å²) in [6.45, 7) is 8.73. The molecule has 0 spiro atoms. The standard InChI is InChI=1S/C28H42O5/c1-15-11-24(33-26(32)20(15)14-29)16(2)21-7-8-22-19-6-5-17-12-18(30)13-25(31)28(17,4)23(19)9-10-27(21,22)3/h5,16,18-19,21-25,29-31H,6-14H2,1-4H3/t16-,18+,19-,21+,22?,23-,24+,25-,27+,28-/m0/s1. The summed E-state index contributed by atoms with van der Waals surface area (Å²) in [6, 6.07) is 0. The predicted molar refractivity (Wildman–Crippen MR) is 126 cm³/mol. The molecule has 5 nitrogen and oxygen atoms in total. The summed E-state index contributed by atoms with van der Waals surface area (Å²) < 4.78 is 5.85. The highest BCUT2D eigenvalue weighted by atomic mass is 16.5. The third-order valence-corrected chi connectivity index (χ3v) is 11.2. The Morgan fingerprint density at radius 1 is 1.15 bits per heavy atom. The second-order valence-electron chi connectivity index (χ2n) is 12.4. The van der Waals surface area contributed by atoms with Crippen LogP contribution in [0.4, 0.5) is 0 Å². The molecule has 10 atom stereocenters. The Morgan fingerprint density at radius 3 is 2.61 bits per heavy atom. The molecular formula is C28H42O5. The van der Waals surface area contributed by atoms with E-state index >= 15 is 0 Å². The molecule has 0 amide bonds. The lowest BCUT2D eigenvalue weighted by molar-refractivity contribution is -0.152. The number of ether oxygens (including phenoxy) is 1. The zero-order valence-corrected chi connectivity index (χ0v) is 20.7. The van der Waals surface area contributed by atoms with Crippen LogP contribution in [0.25, 0.3) is 0 Å². The number of rotatable bonds is 3. The molecule has 0 aromatic rings.